The van der Waals surface area contributed by atoms with Crippen molar-refractivity contribution < 1.29 is 9.59 Å². The molecular formula is C19H25N3O2. The summed E-state index contributed by atoms with van der Waals surface area (Å²) in [5, 5.41) is 10.9. The molecule has 0 aliphatic rings. The van der Waals surface area contributed by atoms with Crippen LogP contribution in [0.2, 0.25) is 0 Å². The quantitative estimate of drug-likeness (QED) is 0.690. The molecule has 1 atom stereocenters. The van der Waals surface area contributed by atoms with Crippen LogP contribution in [0.15, 0.2) is 42.5 Å². The van der Waals surface area contributed by atoms with Gasteiger partial charge < -0.3 is 16.0 Å². The summed E-state index contributed by atoms with van der Waals surface area (Å²) in [4.78, 5) is 23.9. The molecule has 2 aromatic carbocycles. The predicted octanol–water partition coefficient (Wildman–Crippen LogP) is 1.61. The molecule has 2 rings (SSSR count). The van der Waals surface area contributed by atoms with Gasteiger partial charge in [0.15, 0.2) is 0 Å². The lowest BCUT2D eigenvalue weighted by molar-refractivity contribution is -0.125. The summed E-state index contributed by atoms with van der Waals surface area (Å²) < 4.78 is 0. The Morgan fingerprint density at radius 3 is 2.54 bits per heavy atom. The van der Waals surface area contributed by atoms with Gasteiger partial charge >= 0.3 is 0 Å². The van der Waals surface area contributed by atoms with Gasteiger partial charge in [-0.2, -0.15) is 0 Å². The Morgan fingerprint density at radius 1 is 1.00 bits per heavy atom. The SMILES string of the molecule is CCN[C@H](C)CNC(=O)CNC(=O)Cc1cccc2ccccc12. The zero-order valence-electron chi connectivity index (χ0n) is 14.3. The number of benzene rings is 2. The van der Waals surface area contributed by atoms with Crippen molar-refractivity contribution in [2.75, 3.05) is 19.6 Å². The van der Waals surface area contributed by atoms with Crippen LogP contribution < -0.4 is 16.0 Å². The molecule has 128 valence electrons. The highest BCUT2D eigenvalue weighted by Gasteiger charge is 2.09. The lowest BCUT2D eigenvalue weighted by Crippen LogP contribution is -2.43. The Bertz CT molecular complexity index is 695. The van der Waals surface area contributed by atoms with Crippen molar-refractivity contribution in [1.82, 2.24) is 16.0 Å². The zero-order chi connectivity index (χ0) is 17.4. The number of likely N-dealkylation sites (N-methyl/N-ethyl adjacent to an activating group) is 1. The van der Waals surface area contributed by atoms with Crippen molar-refractivity contribution >= 4 is 22.6 Å². The normalized spacial score (nSPS) is 11.9. The van der Waals surface area contributed by atoms with Crippen LogP contribution in [0.3, 0.4) is 0 Å². The van der Waals surface area contributed by atoms with Gasteiger partial charge in [0.25, 0.3) is 0 Å². The van der Waals surface area contributed by atoms with Gasteiger partial charge in [-0.25, -0.2) is 0 Å². The van der Waals surface area contributed by atoms with Crippen molar-refractivity contribution in [2.24, 2.45) is 0 Å². The van der Waals surface area contributed by atoms with E-state index >= 15 is 0 Å². The van der Waals surface area contributed by atoms with E-state index in [1.165, 1.54) is 0 Å². The van der Waals surface area contributed by atoms with E-state index in [2.05, 4.69) is 16.0 Å². The molecule has 0 bridgehead atoms. The molecule has 2 amide bonds. The summed E-state index contributed by atoms with van der Waals surface area (Å²) >= 11 is 0. The van der Waals surface area contributed by atoms with Gasteiger partial charge in [0.05, 0.1) is 13.0 Å². The molecule has 2 aromatic rings. The van der Waals surface area contributed by atoms with Crippen LogP contribution in [0.25, 0.3) is 10.8 Å². The van der Waals surface area contributed by atoms with E-state index in [0.29, 0.717) is 6.54 Å². The van der Waals surface area contributed by atoms with Gasteiger partial charge in [-0.05, 0) is 29.8 Å². The van der Waals surface area contributed by atoms with Crippen LogP contribution in [-0.4, -0.2) is 37.5 Å². The molecule has 0 heterocycles. The maximum atomic E-state index is 12.1. The van der Waals surface area contributed by atoms with E-state index < -0.39 is 0 Å². The number of amides is 2. The first-order chi connectivity index (χ1) is 11.6. The smallest absolute Gasteiger partial charge is 0.239 e. The molecule has 0 saturated carbocycles. The largest absolute Gasteiger partial charge is 0.353 e. The molecule has 0 aliphatic carbocycles. The van der Waals surface area contributed by atoms with Crippen molar-refractivity contribution in [1.29, 1.82) is 0 Å². The third-order valence-electron chi connectivity index (χ3n) is 3.84. The average Bonchev–Trinajstić information content (AvgIpc) is 2.59. The number of hydrogen-bond acceptors (Lipinski definition) is 3. The van der Waals surface area contributed by atoms with Crippen molar-refractivity contribution in [2.45, 2.75) is 26.3 Å². The number of fused-ring (bicyclic) bond motifs is 1. The second kappa shape index (κ2) is 9.03. The fraction of sp³-hybridized carbons (Fsp3) is 0.368. The van der Waals surface area contributed by atoms with Crippen molar-refractivity contribution in [3.63, 3.8) is 0 Å². The fourth-order valence-electron chi connectivity index (χ4n) is 2.61. The molecule has 3 N–H and O–H groups in total. The maximum Gasteiger partial charge on any atom is 0.239 e. The Labute approximate surface area is 142 Å². The van der Waals surface area contributed by atoms with Crippen LogP contribution in [-0.2, 0) is 16.0 Å². The highest BCUT2D eigenvalue weighted by molar-refractivity contribution is 5.91. The minimum atomic E-state index is -0.175. The Kier molecular flexibility index (Phi) is 6.75. The lowest BCUT2D eigenvalue weighted by atomic mass is 10.0. The molecule has 5 heteroatoms. The van der Waals surface area contributed by atoms with Crippen LogP contribution >= 0.6 is 0 Å². The number of hydrogen-bond donors (Lipinski definition) is 3. The van der Waals surface area contributed by atoms with Gasteiger partial charge in [0, 0.05) is 12.6 Å². The molecule has 0 spiro atoms. The van der Waals surface area contributed by atoms with E-state index in [4.69, 9.17) is 0 Å². The average molecular weight is 327 g/mol. The third kappa shape index (κ3) is 5.35. The molecule has 0 fully saturated rings. The first-order valence-electron chi connectivity index (χ1n) is 8.33. The second-order valence-electron chi connectivity index (χ2n) is 5.85. The fourth-order valence-corrected chi connectivity index (χ4v) is 2.61. The monoisotopic (exact) mass is 327 g/mol. The Morgan fingerprint density at radius 2 is 1.75 bits per heavy atom. The summed E-state index contributed by atoms with van der Waals surface area (Å²) in [6.07, 6.45) is 0.266. The van der Waals surface area contributed by atoms with Crippen molar-refractivity contribution in [3.8, 4) is 0 Å². The molecule has 5 nitrogen and oxygen atoms in total. The van der Waals surface area contributed by atoms with Crippen LogP contribution in [0.1, 0.15) is 19.4 Å². The highest BCUT2D eigenvalue weighted by Crippen LogP contribution is 2.18. The predicted molar refractivity (Wildman–Crippen MR) is 96.8 cm³/mol. The summed E-state index contributed by atoms with van der Waals surface area (Å²) in [5.41, 5.74) is 0.965. The number of carbonyl (C=O) groups excluding carboxylic acids is 2. The summed E-state index contributed by atoms with van der Waals surface area (Å²) in [6.45, 7) is 5.43. The minimum absolute atomic E-state index is 0.00243. The van der Waals surface area contributed by atoms with Gasteiger partial charge in [0.2, 0.25) is 11.8 Å². The van der Waals surface area contributed by atoms with E-state index in [1.807, 2.05) is 56.3 Å². The molecular weight excluding hydrogens is 302 g/mol. The third-order valence-corrected chi connectivity index (χ3v) is 3.84. The van der Waals surface area contributed by atoms with E-state index in [0.717, 1.165) is 22.9 Å². The number of nitrogens with one attached hydrogen (secondary N) is 3. The van der Waals surface area contributed by atoms with Crippen LogP contribution in [0, 0.1) is 0 Å². The second-order valence-corrected chi connectivity index (χ2v) is 5.85. The first kappa shape index (κ1) is 17.9. The topological polar surface area (TPSA) is 70.2 Å². The number of carbonyl (C=O) groups is 2. The molecule has 0 unspecified atom stereocenters. The molecule has 0 aliphatic heterocycles. The van der Waals surface area contributed by atoms with Crippen LogP contribution in [0.5, 0.6) is 0 Å². The van der Waals surface area contributed by atoms with Gasteiger partial charge in [-0.3, -0.25) is 9.59 Å². The van der Waals surface area contributed by atoms with Gasteiger partial charge in [-0.1, -0.05) is 49.4 Å². The molecule has 0 radical (unpaired) electrons. The molecule has 24 heavy (non-hydrogen) atoms. The standard InChI is InChI=1S/C19H25N3O2/c1-3-20-14(2)12-21-19(24)13-22-18(23)11-16-9-6-8-15-7-4-5-10-17(15)16/h4-10,14,20H,3,11-13H2,1-2H3,(H,21,24)(H,22,23)/t14-/m1/s1. The summed E-state index contributed by atoms with van der Waals surface area (Å²) in [6, 6.07) is 14.1. The lowest BCUT2D eigenvalue weighted by Gasteiger charge is -2.13. The van der Waals surface area contributed by atoms with E-state index in [1.54, 1.807) is 0 Å². The first-order valence-corrected chi connectivity index (χ1v) is 8.33. The van der Waals surface area contributed by atoms with E-state index in [9.17, 15) is 9.59 Å². The van der Waals surface area contributed by atoms with Gasteiger partial charge in [0.1, 0.15) is 0 Å². The van der Waals surface area contributed by atoms with Crippen LogP contribution in [0.4, 0.5) is 0 Å². The highest BCUT2D eigenvalue weighted by atomic mass is 16.2. The number of rotatable bonds is 8. The van der Waals surface area contributed by atoms with E-state index in [-0.39, 0.29) is 30.8 Å². The Hall–Kier alpha value is -2.40. The minimum Gasteiger partial charge on any atom is -0.353 e. The zero-order valence-corrected chi connectivity index (χ0v) is 14.3. The van der Waals surface area contributed by atoms with Gasteiger partial charge in [-0.15, -0.1) is 0 Å². The van der Waals surface area contributed by atoms with Crippen molar-refractivity contribution in [3.05, 3.63) is 48.0 Å². The Balaban J connectivity index is 1.82. The maximum absolute atomic E-state index is 12.1. The summed E-state index contributed by atoms with van der Waals surface area (Å²) in [5.74, 6) is -0.327. The molecule has 0 saturated heterocycles. The molecule has 0 aromatic heterocycles. The summed E-state index contributed by atoms with van der Waals surface area (Å²) in [7, 11) is 0.